The SMILES string of the molecule is CC1(C)CC(O)C2(CO)C(O)CC3(C)C(=CCC4C5(C)CCC(OC6OC(C(=O)O)C(O)C(OC7OC(CO)C(O)C(O)C7O)C6O)C(C)(CO)C5CCC43C)C2C1. The minimum atomic E-state index is -2.00. The number of carboxylic acid groups (broad SMARTS) is 1. The average molecular weight is 829 g/mol. The van der Waals surface area contributed by atoms with Gasteiger partial charge in [-0.25, -0.2) is 4.79 Å². The molecular formula is C42H68O16. The van der Waals surface area contributed by atoms with Gasteiger partial charge in [0.05, 0.1) is 43.5 Å². The van der Waals surface area contributed by atoms with Crippen LogP contribution in [0.2, 0.25) is 0 Å². The first-order chi connectivity index (χ1) is 27.0. The molecule has 6 fully saturated rings. The van der Waals surface area contributed by atoms with Crippen LogP contribution in [0, 0.1) is 50.2 Å². The molecule has 7 rings (SSSR count). The fourth-order valence-electron chi connectivity index (χ4n) is 14.0. The molecule has 0 amide bonds. The van der Waals surface area contributed by atoms with Crippen molar-refractivity contribution in [3.8, 4) is 0 Å². The van der Waals surface area contributed by atoms with Crippen LogP contribution >= 0.6 is 0 Å². The molecule has 11 N–H and O–H groups in total. The zero-order chi connectivity index (χ0) is 42.7. The largest absolute Gasteiger partial charge is 0.479 e. The van der Waals surface area contributed by atoms with Crippen LogP contribution in [-0.2, 0) is 23.7 Å². The summed E-state index contributed by atoms with van der Waals surface area (Å²) in [5, 5.41) is 119. The van der Waals surface area contributed by atoms with Crippen molar-refractivity contribution in [2.24, 2.45) is 50.2 Å². The summed E-state index contributed by atoms with van der Waals surface area (Å²) in [6, 6.07) is 0. The topological polar surface area (TPSA) is 277 Å². The summed E-state index contributed by atoms with van der Waals surface area (Å²) >= 11 is 0. The summed E-state index contributed by atoms with van der Waals surface area (Å²) in [4.78, 5) is 12.3. The predicted octanol–water partition coefficient (Wildman–Crippen LogP) is -0.204. The molecule has 0 aromatic rings. The van der Waals surface area contributed by atoms with Crippen LogP contribution in [0.5, 0.6) is 0 Å². The van der Waals surface area contributed by atoms with E-state index in [0.717, 1.165) is 19.3 Å². The van der Waals surface area contributed by atoms with Gasteiger partial charge < -0.3 is 75.1 Å². The number of hydrogen-bond acceptors (Lipinski definition) is 15. The highest BCUT2D eigenvalue weighted by molar-refractivity contribution is 5.73. The van der Waals surface area contributed by atoms with Crippen molar-refractivity contribution in [2.45, 2.75) is 173 Å². The number of fused-ring (bicyclic) bond motifs is 7. The van der Waals surface area contributed by atoms with Crippen molar-refractivity contribution >= 4 is 5.97 Å². The number of aliphatic carboxylic acids is 1. The molecule has 332 valence electrons. The van der Waals surface area contributed by atoms with E-state index in [9.17, 15) is 61.0 Å². The second-order valence-corrected chi connectivity index (χ2v) is 20.8. The van der Waals surface area contributed by atoms with Crippen molar-refractivity contribution in [1.29, 1.82) is 0 Å². The van der Waals surface area contributed by atoms with E-state index in [4.69, 9.17) is 18.9 Å². The summed E-state index contributed by atoms with van der Waals surface area (Å²) in [5.74, 6) is -1.77. The Labute approximate surface area is 339 Å². The fourth-order valence-corrected chi connectivity index (χ4v) is 14.0. The van der Waals surface area contributed by atoms with Crippen LogP contribution in [-0.4, -0.2) is 162 Å². The lowest BCUT2D eigenvalue weighted by molar-refractivity contribution is -0.366. The van der Waals surface area contributed by atoms with Crippen molar-refractivity contribution in [2.75, 3.05) is 19.8 Å². The molecule has 58 heavy (non-hydrogen) atoms. The normalized spacial score (nSPS) is 55.3. The highest BCUT2D eigenvalue weighted by Crippen LogP contribution is 2.76. The fraction of sp³-hybridized carbons (Fsp3) is 0.929. The van der Waals surface area contributed by atoms with Gasteiger partial charge in [-0.2, -0.15) is 0 Å². The van der Waals surface area contributed by atoms with E-state index >= 15 is 0 Å². The third kappa shape index (κ3) is 6.33. The zero-order valence-corrected chi connectivity index (χ0v) is 34.6. The lowest BCUT2D eigenvalue weighted by Gasteiger charge is -2.72. The van der Waals surface area contributed by atoms with E-state index in [0.29, 0.717) is 32.1 Å². The van der Waals surface area contributed by atoms with E-state index in [1.165, 1.54) is 5.57 Å². The molecule has 21 unspecified atom stereocenters. The maximum atomic E-state index is 12.3. The molecule has 2 saturated heterocycles. The number of aliphatic hydroxyl groups is 10. The Hall–Kier alpha value is -1.35. The Morgan fingerprint density at radius 3 is 2.02 bits per heavy atom. The second-order valence-electron chi connectivity index (χ2n) is 20.8. The minimum Gasteiger partial charge on any atom is -0.479 e. The Balaban J connectivity index is 1.16. The molecule has 16 heteroatoms. The van der Waals surface area contributed by atoms with Gasteiger partial charge in [0.25, 0.3) is 0 Å². The van der Waals surface area contributed by atoms with Gasteiger partial charge in [0.1, 0.15) is 42.7 Å². The zero-order valence-electron chi connectivity index (χ0n) is 34.6. The standard InChI is InChI=1S/C42H68O16/c1-37(2)13-20-19-7-8-23-38(3)11-10-26(39(4,17-44)22(38)9-12-40(23,5)41(19,6)15-25(47)42(20,18-45)24(46)14-37)56-36-31(52)32(30(51)33(58-36)34(53)54)57-35-29(50)28(49)27(48)21(16-43)55-35/h7,20-33,35-36,43-52H,8-18H2,1-6H3,(H,53,54). The monoisotopic (exact) mass is 828 g/mol. The predicted molar refractivity (Wildman–Crippen MR) is 202 cm³/mol. The number of carboxylic acids is 1. The summed E-state index contributed by atoms with van der Waals surface area (Å²) in [6.07, 6.45) is -13.1. The first kappa shape index (κ1) is 44.7. The third-order valence-electron chi connectivity index (χ3n) is 17.5. The van der Waals surface area contributed by atoms with Gasteiger partial charge in [-0.05, 0) is 90.8 Å². The van der Waals surface area contributed by atoms with Crippen LogP contribution in [0.1, 0.15) is 92.9 Å². The van der Waals surface area contributed by atoms with Crippen LogP contribution in [0.15, 0.2) is 11.6 Å². The highest BCUT2D eigenvalue weighted by atomic mass is 16.7. The van der Waals surface area contributed by atoms with E-state index in [1.807, 2.05) is 6.92 Å². The van der Waals surface area contributed by atoms with E-state index in [-0.39, 0.29) is 47.2 Å². The van der Waals surface area contributed by atoms with Gasteiger partial charge in [0.15, 0.2) is 18.7 Å². The molecule has 0 radical (unpaired) electrons. The number of allylic oxidation sites excluding steroid dienone is 2. The number of hydrogen-bond donors (Lipinski definition) is 11. The summed E-state index contributed by atoms with van der Waals surface area (Å²) in [5.41, 5.74) is -1.97. The second kappa shape index (κ2) is 15.2. The van der Waals surface area contributed by atoms with Crippen LogP contribution in [0.25, 0.3) is 0 Å². The van der Waals surface area contributed by atoms with Gasteiger partial charge >= 0.3 is 5.97 Å². The summed E-state index contributed by atoms with van der Waals surface area (Å²) < 4.78 is 23.3. The maximum absolute atomic E-state index is 12.3. The van der Waals surface area contributed by atoms with Gasteiger partial charge in [-0.15, -0.1) is 0 Å². The molecule has 5 aliphatic carbocycles. The molecular weight excluding hydrogens is 760 g/mol. The van der Waals surface area contributed by atoms with Gasteiger partial charge in [-0.1, -0.05) is 53.2 Å². The smallest absolute Gasteiger partial charge is 0.335 e. The molecule has 21 atom stereocenters. The van der Waals surface area contributed by atoms with Crippen molar-refractivity contribution < 1.29 is 79.9 Å². The lowest BCUT2D eigenvalue weighted by atomic mass is 9.33. The Bertz CT molecular complexity index is 1570. The highest BCUT2D eigenvalue weighted by Gasteiger charge is 2.72. The van der Waals surface area contributed by atoms with Gasteiger partial charge in [0.2, 0.25) is 0 Å². The molecule has 0 spiro atoms. The molecule has 2 aliphatic heterocycles. The Morgan fingerprint density at radius 1 is 0.741 bits per heavy atom. The van der Waals surface area contributed by atoms with Crippen molar-refractivity contribution in [1.82, 2.24) is 0 Å². The molecule has 2 heterocycles. The quantitative estimate of drug-likeness (QED) is 0.112. The first-order valence-corrected chi connectivity index (χ1v) is 21.2. The molecule has 0 aromatic carbocycles. The summed E-state index contributed by atoms with van der Waals surface area (Å²) in [7, 11) is 0. The molecule has 0 bridgehead atoms. The molecule has 0 aromatic heterocycles. The average Bonchev–Trinajstić information content (AvgIpc) is 3.15. The van der Waals surface area contributed by atoms with E-state index in [2.05, 4.69) is 40.7 Å². The van der Waals surface area contributed by atoms with E-state index < -0.39 is 109 Å². The van der Waals surface area contributed by atoms with Gasteiger partial charge in [0, 0.05) is 5.41 Å². The number of carbonyl (C=O) groups is 1. The lowest BCUT2D eigenvalue weighted by Crippen LogP contribution is -2.70. The van der Waals surface area contributed by atoms with Crippen LogP contribution in [0.4, 0.5) is 0 Å². The van der Waals surface area contributed by atoms with Crippen LogP contribution in [0.3, 0.4) is 0 Å². The number of aliphatic hydroxyl groups excluding tert-OH is 10. The maximum Gasteiger partial charge on any atom is 0.335 e. The van der Waals surface area contributed by atoms with Crippen LogP contribution < -0.4 is 0 Å². The Kier molecular flexibility index (Phi) is 11.7. The summed E-state index contributed by atoms with van der Waals surface area (Å²) in [6.45, 7) is 11.7. The Morgan fingerprint density at radius 2 is 1.40 bits per heavy atom. The van der Waals surface area contributed by atoms with Crippen molar-refractivity contribution in [3.63, 3.8) is 0 Å². The molecule has 7 aliphatic rings. The first-order valence-electron chi connectivity index (χ1n) is 21.2. The molecule has 4 saturated carbocycles. The third-order valence-corrected chi connectivity index (χ3v) is 17.5. The minimum absolute atomic E-state index is 0.108. The van der Waals surface area contributed by atoms with E-state index in [1.54, 1.807) is 0 Å². The number of ether oxygens (including phenoxy) is 4. The van der Waals surface area contributed by atoms with Crippen molar-refractivity contribution in [3.05, 3.63) is 11.6 Å². The molecule has 16 nitrogen and oxygen atoms in total. The van der Waals surface area contributed by atoms with Gasteiger partial charge in [-0.3, -0.25) is 0 Å². The number of rotatable bonds is 8.